The maximum atomic E-state index is 11.0. The molecule has 0 heterocycles. The minimum Gasteiger partial charge on any atom is -0.744 e. The van der Waals surface area contributed by atoms with Gasteiger partial charge < -0.3 is 4.55 Å². The molecule has 78 valence electrons. The molecule has 0 aliphatic rings. The van der Waals surface area contributed by atoms with E-state index < -0.39 is 10.1 Å². The van der Waals surface area contributed by atoms with Crippen LogP contribution in [0, 0.1) is 6.92 Å². The van der Waals surface area contributed by atoms with E-state index in [-0.39, 0.29) is 56.3 Å². The summed E-state index contributed by atoms with van der Waals surface area (Å²) < 4.78 is 33.0. The van der Waals surface area contributed by atoms with Crippen molar-refractivity contribution in [1.82, 2.24) is 0 Å². The predicted molar refractivity (Wildman–Crippen MR) is 56.6 cm³/mol. The average molecular weight is 260 g/mol. The van der Waals surface area contributed by atoms with Crippen molar-refractivity contribution in [3.8, 4) is 0 Å². The Morgan fingerprint density at radius 3 is 2.12 bits per heavy atom. The smallest absolute Gasteiger partial charge is 0.744 e. The van der Waals surface area contributed by atoms with Crippen LogP contribution in [0.4, 0.5) is 0 Å². The van der Waals surface area contributed by atoms with Crippen molar-refractivity contribution in [1.29, 1.82) is 0 Å². The Morgan fingerprint density at radius 1 is 1.00 bits per heavy atom. The molecule has 0 aliphatic carbocycles. The minimum atomic E-state index is -4.40. The van der Waals surface area contributed by atoms with E-state index in [0.29, 0.717) is 5.39 Å². The third-order valence-electron chi connectivity index (χ3n) is 2.37. The van der Waals surface area contributed by atoms with Gasteiger partial charge in [0, 0.05) is 0 Å². The van der Waals surface area contributed by atoms with Crippen LogP contribution in [-0.2, 0) is 10.1 Å². The van der Waals surface area contributed by atoms with Crippen molar-refractivity contribution in [3.05, 3.63) is 42.0 Å². The first-order chi connectivity index (χ1) is 7.00. The maximum Gasteiger partial charge on any atom is 1.00 e. The number of benzene rings is 2. The normalized spacial score (nSPS) is 11.1. The Morgan fingerprint density at radius 2 is 1.56 bits per heavy atom. The second kappa shape index (κ2) is 5.26. The molecule has 0 amide bonds. The molecule has 2 aromatic carbocycles. The van der Waals surface area contributed by atoms with Crippen molar-refractivity contribution >= 4 is 20.9 Å². The van der Waals surface area contributed by atoms with E-state index >= 15 is 0 Å². The van der Waals surface area contributed by atoms with Gasteiger partial charge in [0.25, 0.3) is 0 Å². The summed E-state index contributed by atoms with van der Waals surface area (Å²) in [5, 5.41) is 1.29. The Balaban J connectivity index is 0.00000128. The third kappa shape index (κ3) is 2.73. The summed E-state index contributed by atoms with van der Waals surface area (Å²) in [4.78, 5) is -0.149. The summed E-state index contributed by atoms with van der Waals surface area (Å²) in [5.41, 5.74) is 0.956. The molecule has 0 N–H and O–H groups in total. The minimum absolute atomic E-state index is 0. The largest absolute Gasteiger partial charge is 1.00 e. The number of fused-ring (bicyclic) bond motifs is 1. The van der Waals surface area contributed by atoms with Crippen LogP contribution in [0.15, 0.2) is 41.3 Å². The van der Waals surface area contributed by atoms with Crippen LogP contribution in [0.5, 0.6) is 0 Å². The van der Waals surface area contributed by atoms with Crippen LogP contribution in [0.3, 0.4) is 0 Å². The fourth-order valence-corrected chi connectivity index (χ4v) is 2.32. The zero-order valence-corrected chi connectivity index (χ0v) is 13.0. The summed E-state index contributed by atoms with van der Waals surface area (Å²) in [5.74, 6) is 0. The molecule has 0 fully saturated rings. The monoisotopic (exact) mass is 260 g/mol. The van der Waals surface area contributed by atoms with Crippen LogP contribution < -0.4 is 51.4 Å². The molecule has 0 saturated carbocycles. The first-order valence-corrected chi connectivity index (χ1v) is 5.85. The van der Waals surface area contributed by atoms with Crippen LogP contribution in [0.2, 0.25) is 0 Å². The second-order valence-corrected chi connectivity index (χ2v) is 4.73. The number of aryl methyl sites for hydroxylation is 1. The van der Waals surface area contributed by atoms with Gasteiger partial charge in [-0.3, -0.25) is 0 Å². The van der Waals surface area contributed by atoms with Gasteiger partial charge in [-0.15, -0.1) is 0 Å². The van der Waals surface area contributed by atoms with Gasteiger partial charge in [-0.2, -0.15) is 0 Å². The summed E-state index contributed by atoms with van der Waals surface area (Å²) in [6.45, 7) is 1.88. The summed E-state index contributed by atoms with van der Waals surface area (Å²) >= 11 is 0. The van der Waals surface area contributed by atoms with Crippen LogP contribution >= 0.6 is 0 Å². The van der Waals surface area contributed by atoms with E-state index in [9.17, 15) is 13.0 Å². The average Bonchev–Trinajstić information content (AvgIpc) is 2.17. The Kier molecular flexibility index (Phi) is 4.71. The summed E-state index contributed by atoms with van der Waals surface area (Å²) in [6.07, 6.45) is 0. The SMILES string of the molecule is Cc1ccc(S(=O)(=O)[O-])c2ccccc12.[K+]. The van der Waals surface area contributed by atoms with Crippen molar-refractivity contribution in [2.75, 3.05) is 0 Å². The van der Waals surface area contributed by atoms with E-state index in [1.54, 1.807) is 24.3 Å². The van der Waals surface area contributed by atoms with Gasteiger partial charge >= 0.3 is 51.4 Å². The number of rotatable bonds is 1. The van der Waals surface area contributed by atoms with Crippen LogP contribution in [0.25, 0.3) is 10.8 Å². The molecule has 2 aromatic rings. The second-order valence-electron chi connectivity index (χ2n) is 3.38. The van der Waals surface area contributed by atoms with Crippen molar-refractivity contribution in [2.24, 2.45) is 0 Å². The van der Waals surface area contributed by atoms with Gasteiger partial charge in [0.05, 0.1) is 4.90 Å². The fraction of sp³-hybridized carbons (Fsp3) is 0.0909. The van der Waals surface area contributed by atoms with E-state index in [2.05, 4.69) is 0 Å². The summed E-state index contributed by atoms with van der Waals surface area (Å²) in [6, 6.07) is 9.99. The van der Waals surface area contributed by atoms with Gasteiger partial charge in [0.15, 0.2) is 0 Å². The maximum absolute atomic E-state index is 11.0. The van der Waals surface area contributed by atoms with Crippen molar-refractivity contribution in [2.45, 2.75) is 11.8 Å². The topological polar surface area (TPSA) is 57.2 Å². The van der Waals surface area contributed by atoms with E-state index in [0.717, 1.165) is 10.9 Å². The first kappa shape index (κ1) is 14.3. The molecule has 0 bridgehead atoms. The molecule has 0 aromatic heterocycles. The van der Waals surface area contributed by atoms with Gasteiger partial charge in [0.2, 0.25) is 0 Å². The molecule has 2 rings (SSSR count). The van der Waals surface area contributed by atoms with Crippen LogP contribution in [0.1, 0.15) is 5.56 Å². The molecule has 0 atom stereocenters. The molecular weight excluding hydrogens is 251 g/mol. The molecule has 0 unspecified atom stereocenters. The van der Waals surface area contributed by atoms with E-state index in [4.69, 9.17) is 0 Å². The molecule has 3 nitrogen and oxygen atoms in total. The number of hydrogen-bond acceptors (Lipinski definition) is 3. The molecular formula is C11H9KO3S. The van der Waals surface area contributed by atoms with Gasteiger partial charge in [-0.1, -0.05) is 30.3 Å². The molecule has 0 aliphatic heterocycles. The van der Waals surface area contributed by atoms with Gasteiger partial charge in [0.1, 0.15) is 10.1 Å². The quantitative estimate of drug-likeness (QED) is 0.491. The fourth-order valence-electron chi connectivity index (χ4n) is 1.64. The van der Waals surface area contributed by atoms with Gasteiger partial charge in [-0.05, 0) is 29.3 Å². The molecule has 0 saturated heterocycles. The summed E-state index contributed by atoms with van der Waals surface area (Å²) in [7, 11) is -4.40. The van der Waals surface area contributed by atoms with E-state index in [1.165, 1.54) is 6.07 Å². The van der Waals surface area contributed by atoms with Crippen molar-refractivity contribution in [3.63, 3.8) is 0 Å². The van der Waals surface area contributed by atoms with Gasteiger partial charge in [-0.25, -0.2) is 8.42 Å². The third-order valence-corrected chi connectivity index (χ3v) is 3.27. The predicted octanol–water partition coefficient (Wildman–Crippen LogP) is -0.944. The molecule has 16 heavy (non-hydrogen) atoms. The number of hydrogen-bond donors (Lipinski definition) is 0. The Labute approximate surface area is 137 Å². The first-order valence-electron chi connectivity index (χ1n) is 4.44. The molecule has 0 radical (unpaired) electrons. The zero-order chi connectivity index (χ0) is 11.1. The zero-order valence-electron chi connectivity index (χ0n) is 9.10. The Hall–Kier alpha value is 0.246. The molecule has 5 heteroatoms. The Bertz CT molecular complexity index is 620. The van der Waals surface area contributed by atoms with Crippen molar-refractivity contribution < 1.29 is 64.4 Å². The molecule has 0 spiro atoms. The standard InChI is InChI=1S/C11H10O3S.K/c1-8-6-7-11(15(12,13)14)10-5-3-2-4-9(8)10;/h2-7H,1H3,(H,12,13,14);/q;+1/p-1. The van der Waals surface area contributed by atoms with E-state index in [1.807, 2.05) is 13.0 Å². The van der Waals surface area contributed by atoms with Crippen LogP contribution in [-0.4, -0.2) is 13.0 Å².